The Hall–Kier alpha value is -3.10. The van der Waals surface area contributed by atoms with E-state index in [9.17, 15) is 4.79 Å². The van der Waals surface area contributed by atoms with Crippen LogP contribution in [0.25, 0.3) is 16.2 Å². The molecule has 2 aromatic carbocycles. The van der Waals surface area contributed by atoms with Crippen LogP contribution in [0.15, 0.2) is 48.5 Å². The van der Waals surface area contributed by atoms with Crippen LogP contribution in [0, 0.1) is 11.8 Å². The second-order valence-electron chi connectivity index (χ2n) is 9.21. The van der Waals surface area contributed by atoms with E-state index in [2.05, 4.69) is 39.4 Å². The van der Waals surface area contributed by atoms with Gasteiger partial charge >= 0.3 is 0 Å². The fourth-order valence-electron chi connectivity index (χ4n) is 4.86. The van der Waals surface area contributed by atoms with E-state index >= 15 is 0 Å². The van der Waals surface area contributed by atoms with E-state index in [4.69, 9.17) is 13.8 Å². The molecular formula is C27H32N4O3S. The summed E-state index contributed by atoms with van der Waals surface area (Å²) >= 11 is 1.59. The highest BCUT2D eigenvalue weighted by Crippen LogP contribution is 2.39. The largest absolute Gasteiger partial charge is 0.493 e. The minimum atomic E-state index is -0.0790. The minimum Gasteiger partial charge on any atom is -0.493 e. The van der Waals surface area contributed by atoms with Crippen molar-refractivity contribution < 1.29 is 14.3 Å². The molecular weight excluding hydrogens is 460 g/mol. The van der Waals surface area contributed by atoms with E-state index in [0.717, 1.165) is 50.6 Å². The number of anilines is 1. The zero-order valence-corrected chi connectivity index (χ0v) is 21.1. The number of nitrogens with zero attached hydrogens (tertiary/aromatic N) is 3. The Morgan fingerprint density at radius 3 is 2.71 bits per heavy atom. The lowest BCUT2D eigenvalue weighted by Crippen LogP contribution is -2.47. The van der Waals surface area contributed by atoms with Crippen molar-refractivity contribution in [1.29, 1.82) is 0 Å². The number of aromatic nitrogens is 1. The molecule has 3 aromatic rings. The number of benzene rings is 2. The summed E-state index contributed by atoms with van der Waals surface area (Å²) in [5.41, 5.74) is 0.816. The van der Waals surface area contributed by atoms with Crippen molar-refractivity contribution in [3.05, 3.63) is 54.1 Å². The molecule has 184 valence electrons. The van der Waals surface area contributed by atoms with Gasteiger partial charge in [-0.15, -0.1) is 0 Å². The van der Waals surface area contributed by atoms with E-state index in [-0.39, 0.29) is 5.91 Å². The lowest BCUT2D eigenvalue weighted by atomic mass is 10.1. The van der Waals surface area contributed by atoms with Crippen LogP contribution in [-0.2, 0) is 4.79 Å². The fourth-order valence-corrected chi connectivity index (χ4v) is 5.65. The number of carbonyl (C=O) groups is 1. The monoisotopic (exact) mass is 492 g/mol. The molecule has 35 heavy (non-hydrogen) atoms. The third-order valence-corrected chi connectivity index (χ3v) is 7.80. The van der Waals surface area contributed by atoms with Gasteiger partial charge in [0.05, 0.1) is 18.9 Å². The van der Waals surface area contributed by atoms with Gasteiger partial charge in [-0.2, -0.15) is 4.37 Å². The number of hydrogen-bond donors (Lipinski definition) is 1. The molecule has 2 fully saturated rings. The predicted octanol–water partition coefficient (Wildman–Crippen LogP) is 3.90. The number of ether oxygens (including phenoxy) is 2. The van der Waals surface area contributed by atoms with Crippen molar-refractivity contribution >= 4 is 39.4 Å². The average Bonchev–Trinajstić information content (AvgIpc) is 3.49. The van der Waals surface area contributed by atoms with Gasteiger partial charge in [0, 0.05) is 56.3 Å². The van der Waals surface area contributed by atoms with Crippen LogP contribution in [0.2, 0.25) is 0 Å². The number of carbonyl (C=O) groups excluding carboxylic acids is 1. The van der Waals surface area contributed by atoms with Crippen LogP contribution in [0.5, 0.6) is 11.5 Å². The van der Waals surface area contributed by atoms with Gasteiger partial charge in [-0.1, -0.05) is 24.3 Å². The first-order valence-corrected chi connectivity index (χ1v) is 12.9. The first-order valence-electron chi connectivity index (χ1n) is 12.1. The van der Waals surface area contributed by atoms with Gasteiger partial charge in [-0.3, -0.25) is 9.69 Å². The average molecular weight is 493 g/mol. The summed E-state index contributed by atoms with van der Waals surface area (Å²) in [6.07, 6.45) is 4.52. The van der Waals surface area contributed by atoms with Crippen LogP contribution in [0.4, 0.5) is 5.82 Å². The molecule has 2 heterocycles. The van der Waals surface area contributed by atoms with Crippen molar-refractivity contribution in [2.75, 3.05) is 58.4 Å². The van der Waals surface area contributed by atoms with Gasteiger partial charge in [0.2, 0.25) is 5.91 Å². The Morgan fingerprint density at radius 1 is 1.09 bits per heavy atom. The molecule has 0 radical (unpaired) electrons. The molecule has 7 nitrogen and oxygen atoms in total. The molecule has 2 aliphatic rings. The van der Waals surface area contributed by atoms with E-state index in [1.165, 1.54) is 16.5 Å². The lowest BCUT2D eigenvalue weighted by Gasteiger charge is -2.35. The van der Waals surface area contributed by atoms with Crippen molar-refractivity contribution in [3.8, 4) is 11.5 Å². The highest BCUT2D eigenvalue weighted by atomic mass is 32.1. The molecule has 1 N–H and O–H groups in total. The third-order valence-electron chi connectivity index (χ3n) is 6.98. The zero-order chi connectivity index (χ0) is 24.2. The van der Waals surface area contributed by atoms with Crippen LogP contribution < -0.4 is 19.7 Å². The summed E-state index contributed by atoms with van der Waals surface area (Å²) in [5.74, 6) is 3.58. The second kappa shape index (κ2) is 10.7. The van der Waals surface area contributed by atoms with E-state index in [1.54, 1.807) is 37.9 Å². The van der Waals surface area contributed by atoms with Gasteiger partial charge in [-0.05, 0) is 54.1 Å². The Kier molecular flexibility index (Phi) is 7.20. The molecule has 0 spiro atoms. The van der Waals surface area contributed by atoms with E-state index in [0.29, 0.717) is 23.3 Å². The summed E-state index contributed by atoms with van der Waals surface area (Å²) in [6.45, 7) is 6.00. The molecule has 1 aromatic heterocycles. The van der Waals surface area contributed by atoms with Crippen molar-refractivity contribution in [2.45, 2.75) is 6.42 Å². The molecule has 5 rings (SSSR count). The lowest BCUT2D eigenvalue weighted by molar-refractivity contribution is -0.116. The normalized spacial score (nSPS) is 20.3. The Bertz CT molecular complexity index is 1200. The van der Waals surface area contributed by atoms with Crippen LogP contribution in [-0.4, -0.2) is 68.7 Å². The third kappa shape index (κ3) is 5.44. The molecule has 2 atom stereocenters. The standard InChI is InChI=1S/C27H32N4O3S/c1-33-23-8-5-6-19(26(23)34-2)10-11-25(32)28-17-20-16-21(20)18-30-12-14-31(15-13-30)27-22-7-3-4-9-24(22)35-29-27/h3-11,20-21H,12-18H2,1-2H3,(H,28,32)/b11-10+/t20-,21-/m1/s1. The Morgan fingerprint density at radius 2 is 1.91 bits per heavy atom. The van der Waals surface area contributed by atoms with E-state index < -0.39 is 0 Å². The summed E-state index contributed by atoms with van der Waals surface area (Å²) in [4.78, 5) is 17.3. The number of para-hydroxylation sites is 1. The maximum atomic E-state index is 12.4. The Balaban J connectivity index is 1.04. The van der Waals surface area contributed by atoms with Gasteiger partial charge < -0.3 is 19.7 Å². The van der Waals surface area contributed by atoms with E-state index in [1.807, 2.05) is 18.2 Å². The highest BCUT2D eigenvalue weighted by Gasteiger charge is 2.38. The Labute approximate surface area is 210 Å². The van der Waals surface area contributed by atoms with Gasteiger partial charge in [0.1, 0.15) is 5.82 Å². The minimum absolute atomic E-state index is 0.0790. The molecule has 8 heteroatoms. The van der Waals surface area contributed by atoms with Crippen LogP contribution in [0.3, 0.4) is 0 Å². The zero-order valence-electron chi connectivity index (χ0n) is 20.3. The molecule has 1 saturated carbocycles. The molecule has 1 aliphatic carbocycles. The maximum absolute atomic E-state index is 12.4. The smallest absolute Gasteiger partial charge is 0.244 e. The molecule has 0 bridgehead atoms. The van der Waals surface area contributed by atoms with Crippen molar-refractivity contribution in [3.63, 3.8) is 0 Å². The summed E-state index contributed by atoms with van der Waals surface area (Å²) in [5, 5.41) is 4.33. The quantitative estimate of drug-likeness (QED) is 0.457. The summed E-state index contributed by atoms with van der Waals surface area (Å²) in [6, 6.07) is 14.1. The molecule has 1 amide bonds. The van der Waals surface area contributed by atoms with Crippen LogP contribution >= 0.6 is 11.5 Å². The summed E-state index contributed by atoms with van der Waals surface area (Å²) < 4.78 is 16.7. The fraction of sp³-hybridized carbons (Fsp3) is 0.407. The number of methoxy groups -OCH3 is 2. The van der Waals surface area contributed by atoms with Crippen molar-refractivity contribution in [1.82, 2.24) is 14.6 Å². The SMILES string of the molecule is COc1cccc(/C=C/C(=O)NC[C@H]2C[C@@H]2CN2CCN(c3nsc4ccccc34)CC2)c1OC. The number of hydrogen-bond acceptors (Lipinski definition) is 7. The number of rotatable bonds is 9. The number of fused-ring (bicyclic) bond motifs is 1. The van der Waals surface area contributed by atoms with Crippen LogP contribution in [0.1, 0.15) is 12.0 Å². The van der Waals surface area contributed by atoms with Gasteiger partial charge in [0.15, 0.2) is 11.5 Å². The molecule has 0 unspecified atom stereocenters. The number of nitrogens with one attached hydrogen (secondary N) is 1. The topological polar surface area (TPSA) is 66.9 Å². The van der Waals surface area contributed by atoms with Gasteiger partial charge in [0.25, 0.3) is 0 Å². The first-order chi connectivity index (χ1) is 17.2. The number of piperazine rings is 1. The molecule has 1 aliphatic heterocycles. The van der Waals surface area contributed by atoms with Gasteiger partial charge in [-0.25, -0.2) is 0 Å². The first kappa shape index (κ1) is 23.6. The van der Waals surface area contributed by atoms with Crippen molar-refractivity contribution in [2.24, 2.45) is 11.8 Å². The highest BCUT2D eigenvalue weighted by molar-refractivity contribution is 7.13. The second-order valence-corrected chi connectivity index (χ2v) is 10.0. The predicted molar refractivity (Wildman–Crippen MR) is 141 cm³/mol. The molecule has 1 saturated heterocycles. The summed E-state index contributed by atoms with van der Waals surface area (Å²) in [7, 11) is 3.20. The maximum Gasteiger partial charge on any atom is 0.244 e. The number of amides is 1.